The molecule has 13 heteroatoms. The zero-order valence-electron chi connectivity index (χ0n) is 35.1. The third-order valence-electron chi connectivity index (χ3n) is 10.7. The van der Waals surface area contributed by atoms with E-state index in [-0.39, 0.29) is 18.2 Å². The zero-order chi connectivity index (χ0) is 43.6. The molecule has 2 heterocycles. The minimum atomic E-state index is -2.33. The number of carbonyl (C=O) groups excluding carboxylic acids is 1. The summed E-state index contributed by atoms with van der Waals surface area (Å²) in [5, 5.41) is 0. The van der Waals surface area contributed by atoms with Crippen molar-refractivity contribution in [2.75, 3.05) is 34.3 Å². The number of halogens is 7. The van der Waals surface area contributed by atoms with Crippen LogP contribution in [0, 0.1) is 41.7 Å². The van der Waals surface area contributed by atoms with Gasteiger partial charge in [0.1, 0.15) is 0 Å². The maximum atomic E-state index is 14.3. The number of amides is 1. The molecule has 0 saturated carbocycles. The number of benzene rings is 4. The number of aliphatic hydroxyl groups is 1. The fourth-order valence-electron chi connectivity index (χ4n) is 7.57. The maximum Gasteiger partial charge on any atom is 0.0156 e. The average Bonchev–Trinajstić information content (AvgIpc) is 3.68. The molecule has 1 atom stereocenters. The molecule has 0 aromatic heterocycles. The molecule has 6 rings (SSSR count). The third-order valence-corrected chi connectivity index (χ3v) is 12.6. The van der Waals surface area contributed by atoms with Gasteiger partial charge in [0, 0.05) is 24.5 Å². The van der Waals surface area contributed by atoms with E-state index in [4.69, 9.17) is 19.4 Å². The van der Waals surface area contributed by atoms with Gasteiger partial charge in [0.2, 0.25) is 0 Å². The van der Waals surface area contributed by atoms with Gasteiger partial charge in [0.05, 0.1) is 0 Å². The molecule has 322 valence electrons. The SMILES string of the molecule is CC(C)C1CN(C(=O)c2c(F)c(F)c(F)c(F)c2F)c2cccc([CH]=[Ru]([Cl])[Cl])c2[OH+]1.CC(C)c1cccc(C(C)C)c1N1[CH-]N(c2c(C(C)C)cccc2C(C)C)CC1. The summed E-state index contributed by atoms with van der Waals surface area (Å²) in [7, 11) is 11.9. The van der Waals surface area contributed by atoms with E-state index in [0.717, 1.165) is 18.0 Å². The smallest absolute Gasteiger partial charge is 0.0156 e. The van der Waals surface area contributed by atoms with Crippen LogP contribution in [0.5, 0.6) is 5.75 Å². The predicted octanol–water partition coefficient (Wildman–Crippen LogP) is 13.0. The van der Waals surface area contributed by atoms with Gasteiger partial charge in [-0.05, 0) is 45.9 Å². The Kier molecular flexibility index (Phi) is 15.3. The van der Waals surface area contributed by atoms with E-state index < -0.39 is 60.2 Å². The number of aromatic hydroxyl groups is 1. The molecule has 1 fully saturated rings. The fourth-order valence-corrected chi connectivity index (χ4v) is 9.37. The van der Waals surface area contributed by atoms with Crippen LogP contribution in [-0.4, -0.2) is 41.0 Å². The molecule has 1 N–H and O–H groups in total. The van der Waals surface area contributed by atoms with E-state index in [0.29, 0.717) is 35.0 Å². The molecule has 2 aliphatic rings. The summed E-state index contributed by atoms with van der Waals surface area (Å²) in [6, 6.07) is 18.4. The van der Waals surface area contributed by atoms with Crippen molar-refractivity contribution in [1.82, 2.24) is 0 Å². The minimum absolute atomic E-state index is 0.0849. The second-order valence-electron chi connectivity index (χ2n) is 16.5. The van der Waals surface area contributed by atoms with Crippen molar-refractivity contribution in [3.8, 4) is 5.75 Å². The zero-order valence-corrected chi connectivity index (χ0v) is 38.4. The van der Waals surface area contributed by atoms with Crippen molar-refractivity contribution in [3.05, 3.63) is 124 Å². The van der Waals surface area contributed by atoms with Gasteiger partial charge in [-0.1, -0.05) is 91.8 Å². The number of anilines is 3. The van der Waals surface area contributed by atoms with Gasteiger partial charge < -0.3 is 9.80 Å². The van der Waals surface area contributed by atoms with Crippen molar-refractivity contribution in [2.24, 2.45) is 5.92 Å². The Balaban J connectivity index is 0.000000224. The topological polar surface area (TPSA) is 39.6 Å². The standard InChI is InChI=1S/C27H39N2.C19H14F5NO2.2ClH.Ru/c1-18(2)22-11-9-12-23(19(3)4)26(22)28-15-16-29(17-28)27-24(20(5)6)13-10-14-25(27)21(7)8;1-8(2)11-7-25(10-6-4-5-9(3)18(10)27-11)19(26)12-13(20)15(22)17(24)16(23)14(12)21;;;/h9-14,17-21H,15-16H2,1-8H3;3-6,8,11H,7H2,1-2H3;2*1H;/q-1;;;;+2/p-1. The van der Waals surface area contributed by atoms with Crippen LogP contribution in [0.25, 0.3) is 0 Å². The number of nitrogens with zero attached hydrogens (tertiary/aromatic N) is 3. The van der Waals surface area contributed by atoms with Gasteiger partial charge in [-0.2, -0.15) is 6.67 Å². The van der Waals surface area contributed by atoms with E-state index in [1.807, 2.05) is 13.8 Å². The summed E-state index contributed by atoms with van der Waals surface area (Å²) >= 11 is -2.28. The summed E-state index contributed by atoms with van der Waals surface area (Å²) in [5.41, 5.74) is 7.84. The Morgan fingerprint density at radius 1 is 0.678 bits per heavy atom. The largest absolute Gasteiger partial charge is 0.502 e. The van der Waals surface area contributed by atoms with Crippen LogP contribution in [0.4, 0.5) is 39.0 Å². The Labute approximate surface area is 358 Å². The maximum absolute atomic E-state index is 14.3. The van der Waals surface area contributed by atoms with Crippen molar-refractivity contribution >= 4 is 47.0 Å². The number of hydrogen-bond acceptors (Lipinski definition) is 3. The summed E-state index contributed by atoms with van der Waals surface area (Å²) in [5.74, 6) is -10.1. The number of rotatable bonds is 9. The summed E-state index contributed by atoms with van der Waals surface area (Å²) in [4.78, 5) is 19.0. The summed E-state index contributed by atoms with van der Waals surface area (Å²) < 4.78 is 75.4. The van der Waals surface area contributed by atoms with Gasteiger partial charge in [-0.15, -0.1) is 0 Å². The van der Waals surface area contributed by atoms with Crippen LogP contribution in [0.15, 0.2) is 54.6 Å². The molecule has 0 radical (unpaired) electrons. The number of para-hydroxylation sites is 3. The number of fused-ring (bicyclic) bond motifs is 1. The molecule has 59 heavy (non-hydrogen) atoms. The molecule has 4 aromatic carbocycles. The normalized spacial score (nSPS) is 15.6. The van der Waals surface area contributed by atoms with Crippen LogP contribution in [0.3, 0.4) is 0 Å². The average molecular weight is 948 g/mol. The quantitative estimate of drug-likeness (QED) is 0.0419. The Hall–Kier alpha value is -3.53. The Morgan fingerprint density at radius 3 is 1.47 bits per heavy atom. The molecule has 0 spiro atoms. The molecule has 4 aromatic rings. The first-order valence-corrected chi connectivity index (χ1v) is 25.4. The summed E-state index contributed by atoms with van der Waals surface area (Å²) in [6.45, 7) is 26.5. The number of hydrogen-bond donors (Lipinski definition) is 0. The van der Waals surface area contributed by atoms with Crippen LogP contribution < -0.4 is 14.7 Å². The van der Waals surface area contributed by atoms with E-state index in [1.54, 1.807) is 16.7 Å². The van der Waals surface area contributed by atoms with Crippen molar-refractivity contribution in [2.45, 2.75) is 99.0 Å². The molecule has 2 aliphatic heterocycles. The van der Waals surface area contributed by atoms with Crippen molar-refractivity contribution < 1.29 is 45.0 Å². The second-order valence-corrected chi connectivity index (χ2v) is 22.2. The first kappa shape index (κ1) is 46.5. The molecule has 1 amide bonds. The van der Waals surface area contributed by atoms with Gasteiger partial charge in [0.15, 0.2) is 0 Å². The Bertz CT molecular complexity index is 2060. The van der Waals surface area contributed by atoms with Gasteiger partial charge in [-0.3, -0.25) is 0 Å². The first-order valence-electron chi connectivity index (χ1n) is 19.9. The minimum Gasteiger partial charge on any atom is -0.502 e. The molecular formula is C46H54Cl2F5N3O2Ru. The molecule has 0 aliphatic carbocycles. The van der Waals surface area contributed by atoms with Gasteiger partial charge in [0.25, 0.3) is 0 Å². The van der Waals surface area contributed by atoms with E-state index in [2.05, 4.69) is 113 Å². The van der Waals surface area contributed by atoms with Crippen LogP contribution in [0.2, 0.25) is 0 Å². The van der Waals surface area contributed by atoms with E-state index >= 15 is 0 Å². The van der Waals surface area contributed by atoms with Crippen LogP contribution in [0.1, 0.15) is 131 Å². The van der Waals surface area contributed by atoms with E-state index in [9.17, 15) is 26.7 Å². The molecule has 1 saturated heterocycles. The molecule has 1 unspecified atom stereocenters. The number of ether oxygens (including phenoxy) is 1. The Morgan fingerprint density at radius 2 is 1.08 bits per heavy atom. The third kappa shape index (κ3) is 9.84. The first-order chi connectivity index (χ1) is 27.8. The predicted molar refractivity (Wildman–Crippen MR) is 230 cm³/mol. The van der Waals surface area contributed by atoms with Gasteiger partial charge in [-0.25, -0.2) is 0 Å². The molecule has 5 nitrogen and oxygen atoms in total. The number of carbonyl (C=O) groups is 1. The van der Waals surface area contributed by atoms with Crippen LogP contribution >= 0.6 is 19.4 Å². The van der Waals surface area contributed by atoms with E-state index in [1.165, 1.54) is 39.7 Å². The second kappa shape index (κ2) is 19.5. The monoisotopic (exact) mass is 947 g/mol. The summed E-state index contributed by atoms with van der Waals surface area (Å²) in [6.07, 6.45) is -0.483. The van der Waals surface area contributed by atoms with Crippen molar-refractivity contribution in [3.63, 3.8) is 0 Å². The fraction of sp³-hybridized carbons (Fsp3) is 0.413. The molecular weight excluding hydrogens is 893 g/mol. The van der Waals surface area contributed by atoms with Gasteiger partial charge >= 0.3 is 182 Å². The van der Waals surface area contributed by atoms with Crippen molar-refractivity contribution in [1.29, 1.82) is 0 Å². The van der Waals surface area contributed by atoms with Crippen LogP contribution in [-0.2, 0) is 13.5 Å². The molecule has 0 bridgehead atoms.